The van der Waals surface area contributed by atoms with Gasteiger partial charge in [0.25, 0.3) is 0 Å². The average Bonchev–Trinajstić information content (AvgIpc) is 2.22. The highest BCUT2D eigenvalue weighted by Crippen LogP contribution is 2.12. The summed E-state index contributed by atoms with van der Waals surface area (Å²) in [5.41, 5.74) is 4.26. The molecule has 0 radical (unpaired) electrons. The van der Waals surface area contributed by atoms with E-state index in [-0.39, 0.29) is 19.3 Å². The third-order valence-corrected chi connectivity index (χ3v) is 2.45. The largest absolute Gasteiger partial charge is 0.480 e. The molecule has 0 saturated heterocycles. The van der Waals surface area contributed by atoms with Gasteiger partial charge in [0.2, 0.25) is 11.8 Å². The number of primary amides is 1. The molecule has 0 bridgehead atoms. The number of rotatable bonds is 8. The molecule has 0 aromatic carbocycles. The number of methoxy groups -OCH3 is 1. The molecule has 18 heavy (non-hydrogen) atoms. The van der Waals surface area contributed by atoms with Gasteiger partial charge in [-0.1, -0.05) is 0 Å². The first-order chi connectivity index (χ1) is 8.18. The van der Waals surface area contributed by atoms with E-state index in [2.05, 4.69) is 5.32 Å². The summed E-state index contributed by atoms with van der Waals surface area (Å²) in [6.07, 6.45) is -0.0847. The second-order valence-corrected chi connectivity index (χ2v) is 4.60. The Morgan fingerprint density at radius 1 is 1.39 bits per heavy atom. The standard InChI is InChI=1S/C11H20N2O5/c1-11(2,18-3)6-9(15)13-7(10(16)17)4-5-8(12)14/h7H,4-6H2,1-3H3,(H2,12,14)(H,13,15)(H,16,17). The Morgan fingerprint density at radius 2 is 1.94 bits per heavy atom. The van der Waals surface area contributed by atoms with Crippen molar-refractivity contribution in [2.45, 2.75) is 44.8 Å². The Morgan fingerprint density at radius 3 is 2.33 bits per heavy atom. The van der Waals surface area contributed by atoms with E-state index in [1.54, 1.807) is 13.8 Å². The maximum Gasteiger partial charge on any atom is 0.326 e. The minimum Gasteiger partial charge on any atom is -0.480 e. The third-order valence-electron chi connectivity index (χ3n) is 2.45. The molecular weight excluding hydrogens is 240 g/mol. The molecule has 0 heterocycles. The van der Waals surface area contributed by atoms with Gasteiger partial charge in [-0.2, -0.15) is 0 Å². The summed E-state index contributed by atoms with van der Waals surface area (Å²) in [5, 5.41) is 11.2. The van der Waals surface area contributed by atoms with Crippen LogP contribution in [0.3, 0.4) is 0 Å². The lowest BCUT2D eigenvalue weighted by Gasteiger charge is -2.23. The maximum absolute atomic E-state index is 11.6. The maximum atomic E-state index is 11.6. The summed E-state index contributed by atoms with van der Waals surface area (Å²) in [6.45, 7) is 3.43. The van der Waals surface area contributed by atoms with Crippen molar-refractivity contribution in [2.24, 2.45) is 5.73 Å². The zero-order valence-corrected chi connectivity index (χ0v) is 10.9. The van der Waals surface area contributed by atoms with Gasteiger partial charge in [0.15, 0.2) is 0 Å². The molecule has 0 aromatic heterocycles. The van der Waals surface area contributed by atoms with E-state index in [4.69, 9.17) is 15.6 Å². The first-order valence-electron chi connectivity index (χ1n) is 5.53. The fourth-order valence-electron chi connectivity index (χ4n) is 1.25. The molecule has 7 heteroatoms. The Bertz CT molecular complexity index is 327. The van der Waals surface area contributed by atoms with E-state index in [0.29, 0.717) is 0 Å². The number of carbonyl (C=O) groups is 3. The Kier molecular flexibility index (Phi) is 6.32. The molecule has 2 amide bonds. The Labute approximate surface area is 106 Å². The highest BCUT2D eigenvalue weighted by Gasteiger charge is 2.25. The summed E-state index contributed by atoms with van der Waals surface area (Å²) in [6, 6.07) is -1.11. The number of carbonyl (C=O) groups excluding carboxylic acids is 2. The van der Waals surface area contributed by atoms with Crippen LogP contribution in [0.25, 0.3) is 0 Å². The van der Waals surface area contributed by atoms with Gasteiger partial charge in [0.05, 0.1) is 12.0 Å². The topological polar surface area (TPSA) is 119 Å². The van der Waals surface area contributed by atoms with Crippen molar-refractivity contribution in [3.8, 4) is 0 Å². The second-order valence-electron chi connectivity index (χ2n) is 4.60. The van der Waals surface area contributed by atoms with Crippen molar-refractivity contribution < 1.29 is 24.2 Å². The van der Waals surface area contributed by atoms with E-state index >= 15 is 0 Å². The summed E-state index contributed by atoms with van der Waals surface area (Å²) >= 11 is 0. The lowest BCUT2D eigenvalue weighted by molar-refractivity contribution is -0.143. The van der Waals surface area contributed by atoms with E-state index in [1.165, 1.54) is 7.11 Å². The third kappa shape index (κ3) is 6.85. The van der Waals surface area contributed by atoms with Crippen LogP contribution >= 0.6 is 0 Å². The SMILES string of the molecule is COC(C)(C)CC(=O)NC(CCC(N)=O)C(=O)O. The van der Waals surface area contributed by atoms with Gasteiger partial charge in [-0.25, -0.2) is 4.79 Å². The number of hydrogen-bond acceptors (Lipinski definition) is 4. The monoisotopic (exact) mass is 260 g/mol. The number of nitrogens with one attached hydrogen (secondary N) is 1. The van der Waals surface area contributed by atoms with Gasteiger partial charge in [-0.15, -0.1) is 0 Å². The molecule has 0 aromatic rings. The van der Waals surface area contributed by atoms with Crippen LogP contribution in [-0.4, -0.2) is 41.6 Å². The minimum absolute atomic E-state index is 0.0240. The van der Waals surface area contributed by atoms with Crippen molar-refractivity contribution in [2.75, 3.05) is 7.11 Å². The molecule has 7 nitrogen and oxygen atoms in total. The molecular formula is C11H20N2O5. The number of aliphatic carboxylic acids is 1. The quantitative estimate of drug-likeness (QED) is 0.550. The van der Waals surface area contributed by atoms with Gasteiger partial charge in [-0.05, 0) is 20.3 Å². The van der Waals surface area contributed by atoms with Crippen LogP contribution in [0.15, 0.2) is 0 Å². The molecule has 0 aliphatic heterocycles. The molecule has 1 unspecified atom stereocenters. The molecule has 0 spiro atoms. The lowest BCUT2D eigenvalue weighted by atomic mass is 10.0. The number of carboxylic acid groups (broad SMARTS) is 1. The second kappa shape index (κ2) is 6.95. The van der Waals surface area contributed by atoms with E-state index in [9.17, 15) is 14.4 Å². The zero-order valence-electron chi connectivity index (χ0n) is 10.9. The van der Waals surface area contributed by atoms with Crippen molar-refractivity contribution >= 4 is 17.8 Å². The zero-order chi connectivity index (χ0) is 14.3. The summed E-state index contributed by atoms with van der Waals surface area (Å²) < 4.78 is 5.07. The van der Waals surface area contributed by atoms with Gasteiger partial charge >= 0.3 is 5.97 Å². The summed E-state index contributed by atoms with van der Waals surface area (Å²) in [5.74, 6) is -2.24. The molecule has 104 valence electrons. The summed E-state index contributed by atoms with van der Waals surface area (Å²) in [7, 11) is 1.47. The van der Waals surface area contributed by atoms with E-state index in [1.807, 2.05) is 0 Å². The van der Waals surface area contributed by atoms with Crippen molar-refractivity contribution in [1.29, 1.82) is 0 Å². The van der Waals surface area contributed by atoms with Crippen LogP contribution < -0.4 is 11.1 Å². The Balaban J connectivity index is 4.37. The first-order valence-corrected chi connectivity index (χ1v) is 5.53. The predicted octanol–water partition coefficient (Wildman–Crippen LogP) is -0.364. The van der Waals surface area contributed by atoms with Crippen LogP contribution in [0.1, 0.15) is 33.1 Å². The summed E-state index contributed by atoms with van der Waals surface area (Å²) in [4.78, 5) is 33.1. The molecule has 1 atom stereocenters. The average molecular weight is 260 g/mol. The highest BCUT2D eigenvalue weighted by molar-refractivity contribution is 5.84. The van der Waals surface area contributed by atoms with Crippen LogP contribution in [-0.2, 0) is 19.1 Å². The van der Waals surface area contributed by atoms with Gasteiger partial charge in [-0.3, -0.25) is 9.59 Å². The number of amides is 2. The number of hydrogen-bond donors (Lipinski definition) is 3. The minimum atomic E-state index is -1.19. The van der Waals surface area contributed by atoms with Crippen LogP contribution in [0.5, 0.6) is 0 Å². The van der Waals surface area contributed by atoms with Gasteiger partial charge < -0.3 is 20.9 Å². The smallest absolute Gasteiger partial charge is 0.326 e. The number of ether oxygens (including phenoxy) is 1. The van der Waals surface area contributed by atoms with Crippen molar-refractivity contribution in [3.05, 3.63) is 0 Å². The van der Waals surface area contributed by atoms with Crippen LogP contribution in [0.2, 0.25) is 0 Å². The highest BCUT2D eigenvalue weighted by atomic mass is 16.5. The van der Waals surface area contributed by atoms with Crippen LogP contribution in [0.4, 0.5) is 0 Å². The molecule has 0 saturated carbocycles. The van der Waals surface area contributed by atoms with Gasteiger partial charge in [0, 0.05) is 13.5 Å². The number of nitrogens with two attached hydrogens (primary N) is 1. The van der Waals surface area contributed by atoms with Crippen LogP contribution in [0, 0.1) is 0 Å². The first kappa shape index (κ1) is 16.4. The van der Waals surface area contributed by atoms with Crippen molar-refractivity contribution in [3.63, 3.8) is 0 Å². The molecule has 0 aliphatic rings. The van der Waals surface area contributed by atoms with E-state index < -0.39 is 29.4 Å². The van der Waals surface area contributed by atoms with Gasteiger partial charge in [0.1, 0.15) is 6.04 Å². The fourth-order valence-corrected chi connectivity index (χ4v) is 1.25. The normalized spacial score (nSPS) is 12.8. The molecule has 0 aliphatic carbocycles. The number of carboxylic acids is 1. The predicted molar refractivity (Wildman–Crippen MR) is 63.7 cm³/mol. The fraction of sp³-hybridized carbons (Fsp3) is 0.727. The Hall–Kier alpha value is -1.63. The molecule has 0 fully saturated rings. The van der Waals surface area contributed by atoms with E-state index in [0.717, 1.165) is 0 Å². The molecule has 0 rings (SSSR count). The van der Waals surface area contributed by atoms with Crippen molar-refractivity contribution in [1.82, 2.24) is 5.32 Å². The molecule has 4 N–H and O–H groups in total. The lowest BCUT2D eigenvalue weighted by Crippen LogP contribution is -2.44.